The molecule has 0 aliphatic rings. The van der Waals surface area contributed by atoms with Gasteiger partial charge in [0.1, 0.15) is 5.60 Å². The SMILES string of the molecule is CCc1nc(C(N)=O)c(Nc2cccc(CCNC(=O)OC(C)(C)C)c2)nc1N(C)CC. The third-order valence-electron chi connectivity index (χ3n) is 4.62. The van der Waals surface area contributed by atoms with Gasteiger partial charge in [-0.1, -0.05) is 19.1 Å². The number of nitrogens with zero attached hydrogens (tertiary/aromatic N) is 3. The molecule has 1 aromatic heterocycles. The molecular formula is C23H34N6O3. The topological polar surface area (TPSA) is 122 Å². The molecule has 0 aliphatic carbocycles. The lowest BCUT2D eigenvalue weighted by molar-refractivity contribution is 0.0528. The van der Waals surface area contributed by atoms with Crippen LogP contribution in [0.4, 0.5) is 22.1 Å². The number of aryl methyl sites for hydroxylation is 1. The second kappa shape index (κ2) is 10.8. The normalized spacial score (nSPS) is 11.1. The van der Waals surface area contributed by atoms with Crippen molar-refractivity contribution in [3.05, 3.63) is 41.2 Å². The number of benzene rings is 1. The lowest BCUT2D eigenvalue weighted by atomic mass is 10.1. The van der Waals surface area contributed by atoms with Crippen LogP contribution in [-0.4, -0.2) is 47.7 Å². The number of amides is 2. The number of primary amides is 1. The molecule has 0 spiro atoms. The van der Waals surface area contributed by atoms with Crippen LogP contribution < -0.4 is 21.3 Å². The van der Waals surface area contributed by atoms with Crippen molar-refractivity contribution in [2.75, 3.05) is 30.4 Å². The third-order valence-corrected chi connectivity index (χ3v) is 4.62. The Hall–Kier alpha value is -3.36. The van der Waals surface area contributed by atoms with E-state index in [9.17, 15) is 9.59 Å². The molecule has 1 heterocycles. The Morgan fingerprint density at radius 3 is 2.50 bits per heavy atom. The Kier molecular flexibility index (Phi) is 8.40. The first-order valence-electron chi connectivity index (χ1n) is 10.8. The summed E-state index contributed by atoms with van der Waals surface area (Å²) in [6.45, 7) is 10.6. The van der Waals surface area contributed by atoms with Crippen LogP contribution in [0.1, 0.15) is 56.4 Å². The number of alkyl carbamates (subject to hydrolysis) is 1. The molecule has 0 atom stereocenters. The van der Waals surface area contributed by atoms with Crippen LogP contribution in [0, 0.1) is 0 Å². The van der Waals surface area contributed by atoms with E-state index in [0.717, 1.165) is 23.5 Å². The number of hydrogen-bond donors (Lipinski definition) is 3. The Balaban J connectivity index is 2.18. The number of rotatable bonds is 9. The van der Waals surface area contributed by atoms with Gasteiger partial charge in [-0.25, -0.2) is 14.8 Å². The highest BCUT2D eigenvalue weighted by Crippen LogP contribution is 2.24. The monoisotopic (exact) mass is 442 g/mol. The molecule has 0 unspecified atom stereocenters. The molecule has 0 saturated carbocycles. The summed E-state index contributed by atoms with van der Waals surface area (Å²) in [6, 6.07) is 7.65. The van der Waals surface area contributed by atoms with Crippen molar-refractivity contribution >= 4 is 29.3 Å². The second-order valence-electron chi connectivity index (χ2n) is 8.43. The van der Waals surface area contributed by atoms with Gasteiger partial charge in [0.15, 0.2) is 17.3 Å². The number of hydrogen-bond acceptors (Lipinski definition) is 7. The van der Waals surface area contributed by atoms with Gasteiger partial charge in [0.2, 0.25) is 0 Å². The molecule has 9 nitrogen and oxygen atoms in total. The van der Waals surface area contributed by atoms with Crippen molar-refractivity contribution in [1.29, 1.82) is 0 Å². The fourth-order valence-electron chi connectivity index (χ4n) is 2.98. The Morgan fingerprint density at radius 1 is 1.19 bits per heavy atom. The average molecular weight is 443 g/mol. The van der Waals surface area contributed by atoms with Gasteiger partial charge in [-0.05, 0) is 58.2 Å². The zero-order chi connectivity index (χ0) is 23.9. The van der Waals surface area contributed by atoms with E-state index in [-0.39, 0.29) is 5.69 Å². The minimum absolute atomic E-state index is 0.104. The highest BCUT2D eigenvalue weighted by molar-refractivity contribution is 5.96. The molecule has 9 heteroatoms. The van der Waals surface area contributed by atoms with Gasteiger partial charge in [0, 0.05) is 25.8 Å². The standard InChI is InChI=1S/C23H34N6O3/c1-7-17-21(29(6)8-2)28-20(18(27-17)19(24)30)26-16-11-9-10-15(14-16)12-13-25-22(31)32-23(3,4)5/h9-11,14H,7-8,12-13H2,1-6H3,(H2,24,30)(H,25,31)(H,26,28). The van der Waals surface area contributed by atoms with E-state index in [4.69, 9.17) is 10.5 Å². The van der Waals surface area contributed by atoms with Crippen LogP contribution in [0.15, 0.2) is 24.3 Å². The molecule has 2 amide bonds. The van der Waals surface area contributed by atoms with Gasteiger partial charge in [-0.3, -0.25) is 4.79 Å². The molecule has 2 aromatic rings. The zero-order valence-corrected chi connectivity index (χ0v) is 19.8. The maximum atomic E-state index is 12.0. The van der Waals surface area contributed by atoms with Crippen molar-refractivity contribution in [2.24, 2.45) is 5.73 Å². The molecule has 0 aliphatic heterocycles. The van der Waals surface area contributed by atoms with Crippen molar-refractivity contribution in [3.8, 4) is 0 Å². The summed E-state index contributed by atoms with van der Waals surface area (Å²) >= 11 is 0. The smallest absolute Gasteiger partial charge is 0.407 e. The van der Waals surface area contributed by atoms with E-state index in [1.807, 2.05) is 70.8 Å². The van der Waals surface area contributed by atoms with Crippen LogP contribution >= 0.6 is 0 Å². The number of carbonyl (C=O) groups is 2. The molecule has 0 bridgehead atoms. The van der Waals surface area contributed by atoms with Crippen LogP contribution in [0.3, 0.4) is 0 Å². The highest BCUT2D eigenvalue weighted by Gasteiger charge is 2.19. The van der Waals surface area contributed by atoms with Gasteiger partial charge in [0.05, 0.1) is 5.69 Å². The van der Waals surface area contributed by atoms with Gasteiger partial charge < -0.3 is 26.0 Å². The van der Waals surface area contributed by atoms with Crippen molar-refractivity contribution in [1.82, 2.24) is 15.3 Å². The zero-order valence-electron chi connectivity index (χ0n) is 19.8. The minimum Gasteiger partial charge on any atom is -0.444 e. The number of aromatic nitrogens is 2. The summed E-state index contributed by atoms with van der Waals surface area (Å²) in [7, 11) is 1.93. The second-order valence-corrected chi connectivity index (χ2v) is 8.43. The molecule has 2 rings (SSSR count). The fraction of sp³-hybridized carbons (Fsp3) is 0.478. The Bertz CT molecular complexity index is 955. The first-order valence-corrected chi connectivity index (χ1v) is 10.8. The largest absolute Gasteiger partial charge is 0.444 e. The summed E-state index contributed by atoms with van der Waals surface area (Å²) in [5.41, 5.74) is 7.59. The van der Waals surface area contributed by atoms with E-state index in [1.54, 1.807) is 0 Å². The Morgan fingerprint density at radius 2 is 1.91 bits per heavy atom. The maximum absolute atomic E-state index is 12.0. The third kappa shape index (κ3) is 7.11. The van der Waals surface area contributed by atoms with Gasteiger partial charge >= 0.3 is 6.09 Å². The lowest BCUT2D eigenvalue weighted by Gasteiger charge is -2.21. The van der Waals surface area contributed by atoms with Crippen molar-refractivity contribution in [2.45, 2.75) is 53.1 Å². The molecule has 4 N–H and O–H groups in total. The predicted molar refractivity (Wildman–Crippen MR) is 127 cm³/mol. The van der Waals surface area contributed by atoms with Crippen molar-refractivity contribution in [3.63, 3.8) is 0 Å². The fourth-order valence-corrected chi connectivity index (χ4v) is 2.98. The van der Waals surface area contributed by atoms with E-state index < -0.39 is 17.6 Å². The average Bonchev–Trinajstić information content (AvgIpc) is 2.71. The van der Waals surface area contributed by atoms with E-state index in [0.29, 0.717) is 31.0 Å². The van der Waals surface area contributed by atoms with Gasteiger partial charge in [-0.15, -0.1) is 0 Å². The summed E-state index contributed by atoms with van der Waals surface area (Å²) < 4.78 is 5.25. The van der Waals surface area contributed by atoms with E-state index in [1.165, 1.54) is 0 Å². The highest BCUT2D eigenvalue weighted by atomic mass is 16.6. The number of ether oxygens (including phenoxy) is 1. The number of anilines is 3. The van der Waals surface area contributed by atoms with Gasteiger partial charge in [0.25, 0.3) is 5.91 Å². The van der Waals surface area contributed by atoms with Crippen LogP contribution in [-0.2, 0) is 17.6 Å². The molecule has 1 aromatic carbocycles. The van der Waals surface area contributed by atoms with Crippen LogP contribution in [0.25, 0.3) is 0 Å². The molecule has 0 saturated heterocycles. The van der Waals surface area contributed by atoms with Crippen molar-refractivity contribution < 1.29 is 14.3 Å². The molecule has 174 valence electrons. The lowest BCUT2D eigenvalue weighted by Crippen LogP contribution is -2.33. The molecule has 0 fully saturated rings. The van der Waals surface area contributed by atoms with E-state index in [2.05, 4.69) is 20.6 Å². The first-order chi connectivity index (χ1) is 15.0. The minimum atomic E-state index is -0.641. The number of carbonyl (C=O) groups excluding carboxylic acids is 2. The van der Waals surface area contributed by atoms with Crippen LogP contribution in [0.5, 0.6) is 0 Å². The Labute approximate surface area is 189 Å². The molecule has 32 heavy (non-hydrogen) atoms. The van der Waals surface area contributed by atoms with Crippen LogP contribution in [0.2, 0.25) is 0 Å². The quantitative estimate of drug-likeness (QED) is 0.544. The maximum Gasteiger partial charge on any atom is 0.407 e. The summed E-state index contributed by atoms with van der Waals surface area (Å²) in [6.07, 6.45) is 0.798. The summed E-state index contributed by atoms with van der Waals surface area (Å²) in [5.74, 6) is 0.382. The van der Waals surface area contributed by atoms with E-state index >= 15 is 0 Å². The number of nitrogens with two attached hydrogens (primary N) is 1. The summed E-state index contributed by atoms with van der Waals surface area (Å²) in [4.78, 5) is 34.9. The molecule has 0 radical (unpaired) electrons. The predicted octanol–water partition coefficient (Wildman–Crippen LogP) is 3.40. The first kappa shape index (κ1) is 24.9. The summed E-state index contributed by atoms with van der Waals surface area (Å²) in [5, 5.41) is 5.93. The molecular weight excluding hydrogens is 408 g/mol. The number of nitrogens with one attached hydrogen (secondary N) is 2. The van der Waals surface area contributed by atoms with Gasteiger partial charge in [-0.2, -0.15) is 0 Å².